The zero-order valence-electron chi connectivity index (χ0n) is 23.0. The summed E-state index contributed by atoms with van der Waals surface area (Å²) in [6.45, 7) is 3.43. The highest BCUT2D eigenvalue weighted by Crippen LogP contribution is 2.31. The Hall–Kier alpha value is -2.30. The number of hydrogen-bond donors (Lipinski definition) is 4. The molecule has 1 aliphatic rings. The van der Waals surface area contributed by atoms with Crippen LogP contribution in [0.2, 0.25) is 0 Å². The Labute approximate surface area is 235 Å². The molecule has 0 unspecified atom stereocenters. The molecule has 3 rings (SSSR count). The number of ether oxygens (including phenoxy) is 1. The monoisotopic (exact) mass is 561 g/mol. The average Bonchev–Trinajstić information content (AvgIpc) is 3.57. The third kappa shape index (κ3) is 8.85. The predicted molar refractivity (Wildman–Crippen MR) is 152 cm³/mol. The van der Waals surface area contributed by atoms with Crippen LogP contribution >= 0.6 is 11.3 Å². The summed E-state index contributed by atoms with van der Waals surface area (Å²) in [5, 5.41) is 39.8. The fraction of sp³-hybridized carbons (Fsp3) is 0.600. The van der Waals surface area contributed by atoms with Crippen molar-refractivity contribution in [2.75, 3.05) is 11.5 Å². The van der Waals surface area contributed by atoms with Gasteiger partial charge in [0.25, 0.3) is 0 Å². The van der Waals surface area contributed by atoms with Crippen LogP contribution in [0.4, 0.5) is 5.69 Å². The average molecular weight is 562 g/mol. The Morgan fingerprint density at radius 3 is 2.46 bits per heavy atom. The summed E-state index contributed by atoms with van der Waals surface area (Å²) in [6.07, 6.45) is 3.77. The first-order chi connectivity index (χ1) is 18.7. The third-order valence-electron chi connectivity index (χ3n) is 7.38. The molecule has 0 saturated carbocycles. The summed E-state index contributed by atoms with van der Waals surface area (Å²) < 4.78 is 5.12. The number of hydrogen-bond acceptors (Lipinski definition) is 8. The lowest BCUT2D eigenvalue weighted by Gasteiger charge is -2.25. The molecular weight excluding hydrogens is 518 g/mol. The molecule has 4 N–H and O–H groups in total. The van der Waals surface area contributed by atoms with E-state index in [4.69, 9.17) is 4.74 Å². The van der Waals surface area contributed by atoms with Gasteiger partial charge in [0, 0.05) is 23.0 Å². The highest BCUT2D eigenvalue weighted by Gasteiger charge is 2.32. The predicted octanol–water partition coefficient (Wildman–Crippen LogP) is 4.53. The quantitative estimate of drug-likeness (QED) is 0.175. The van der Waals surface area contributed by atoms with Gasteiger partial charge in [0.05, 0.1) is 12.2 Å². The molecule has 0 radical (unpaired) electrons. The first kappa shape index (κ1) is 31.2. The number of nitrogens with zero attached hydrogens (tertiary/aromatic N) is 1. The zero-order valence-corrected chi connectivity index (χ0v) is 23.8. The van der Waals surface area contributed by atoms with Crippen molar-refractivity contribution in [1.82, 2.24) is 0 Å². The van der Waals surface area contributed by atoms with Crippen molar-refractivity contribution in [3.05, 3.63) is 51.7 Å². The van der Waals surface area contributed by atoms with Gasteiger partial charge in [-0.2, -0.15) is 0 Å². The Bertz CT molecular complexity index is 1040. The summed E-state index contributed by atoms with van der Waals surface area (Å²) in [7, 11) is 0. The number of carbonyl (C=O) groups excluding carboxylic acids is 2. The molecule has 0 spiro atoms. The normalized spacial score (nSPS) is 18.7. The first-order valence-corrected chi connectivity index (χ1v) is 15.0. The van der Waals surface area contributed by atoms with Crippen molar-refractivity contribution in [3.63, 3.8) is 0 Å². The maximum absolute atomic E-state index is 12.7. The van der Waals surface area contributed by atoms with E-state index in [1.807, 2.05) is 35.2 Å². The number of rotatable bonds is 16. The van der Waals surface area contributed by atoms with Crippen molar-refractivity contribution < 1.29 is 34.8 Å². The third-order valence-corrected chi connectivity index (χ3v) is 8.50. The Morgan fingerprint density at radius 1 is 1.03 bits per heavy atom. The largest absolute Gasteiger partial charge is 0.459 e. The van der Waals surface area contributed by atoms with E-state index in [2.05, 4.69) is 6.92 Å². The van der Waals surface area contributed by atoms with E-state index in [1.54, 1.807) is 13.0 Å². The second-order valence-electron chi connectivity index (χ2n) is 10.3. The number of aryl methyl sites for hydroxylation is 1. The zero-order chi connectivity index (χ0) is 28.4. The lowest BCUT2D eigenvalue weighted by atomic mass is 10.0. The van der Waals surface area contributed by atoms with Crippen molar-refractivity contribution in [2.45, 2.75) is 109 Å². The first-order valence-electron chi connectivity index (χ1n) is 14.1. The molecule has 1 aromatic carbocycles. The minimum atomic E-state index is -1.37. The summed E-state index contributed by atoms with van der Waals surface area (Å²) in [5.74, 6) is -0.453. The van der Waals surface area contributed by atoms with E-state index >= 15 is 0 Å². The maximum atomic E-state index is 12.7. The Morgan fingerprint density at radius 2 is 1.77 bits per heavy atom. The van der Waals surface area contributed by atoms with Gasteiger partial charge in [-0.15, -0.1) is 11.3 Å². The molecule has 8 nitrogen and oxygen atoms in total. The van der Waals surface area contributed by atoms with E-state index in [0.717, 1.165) is 67.5 Å². The fourth-order valence-corrected chi connectivity index (χ4v) is 5.89. The van der Waals surface area contributed by atoms with Gasteiger partial charge < -0.3 is 30.1 Å². The molecule has 0 aliphatic carbocycles. The molecule has 2 heterocycles. The van der Waals surface area contributed by atoms with Crippen molar-refractivity contribution in [3.8, 4) is 0 Å². The van der Waals surface area contributed by atoms with Crippen LogP contribution in [0.25, 0.3) is 0 Å². The molecule has 9 heteroatoms. The van der Waals surface area contributed by atoms with E-state index in [-0.39, 0.29) is 18.4 Å². The number of benzene rings is 1. The smallest absolute Gasteiger partial charge is 0.348 e. The Kier molecular flexibility index (Phi) is 12.4. The fourth-order valence-electron chi connectivity index (χ4n) is 4.95. The number of thiophene rings is 1. The number of aliphatic hydroxyl groups is 4. The molecule has 216 valence electrons. The summed E-state index contributed by atoms with van der Waals surface area (Å²) in [6, 6.07) is 11.4. The van der Waals surface area contributed by atoms with Gasteiger partial charge in [0.15, 0.2) is 0 Å². The van der Waals surface area contributed by atoms with Crippen molar-refractivity contribution in [1.29, 1.82) is 0 Å². The lowest BCUT2D eigenvalue weighted by molar-refractivity contribution is -0.117. The molecule has 2 aromatic rings. The highest BCUT2D eigenvalue weighted by molar-refractivity contribution is 7.13. The maximum Gasteiger partial charge on any atom is 0.348 e. The van der Waals surface area contributed by atoms with Crippen LogP contribution in [-0.2, 0) is 16.0 Å². The minimum Gasteiger partial charge on any atom is -0.459 e. The molecule has 1 amide bonds. The van der Waals surface area contributed by atoms with Crippen LogP contribution in [0.5, 0.6) is 0 Å². The summed E-state index contributed by atoms with van der Waals surface area (Å²) >= 11 is 1.33. The lowest BCUT2D eigenvalue weighted by Crippen LogP contribution is -2.40. The van der Waals surface area contributed by atoms with Crippen LogP contribution < -0.4 is 4.90 Å². The molecule has 39 heavy (non-hydrogen) atoms. The standard InChI is InChI=1S/C30H43NO7S/c1-3-5-6-10-25(33)20-11-13-22(14-12-20)31-21(15-18-28(31)35)8-7-9-23-16-17-27(39-23)30(37)38-19-26(34)29(36)24(32)4-2/h11-14,16-17,21,24-26,29,32-34,36H,3-10,15,18-19H2,1-2H3/t21-,24-,25-,26+,29+/m0/s1. The second kappa shape index (κ2) is 15.5. The van der Waals surface area contributed by atoms with Gasteiger partial charge >= 0.3 is 5.97 Å². The van der Waals surface area contributed by atoms with Crippen LogP contribution in [0.3, 0.4) is 0 Å². The molecule has 1 aromatic heterocycles. The number of unbranched alkanes of at least 4 members (excludes halogenated alkanes) is 2. The van der Waals surface area contributed by atoms with E-state index < -0.39 is 37.0 Å². The summed E-state index contributed by atoms with van der Waals surface area (Å²) in [5.41, 5.74) is 1.75. The van der Waals surface area contributed by atoms with Gasteiger partial charge in [-0.25, -0.2) is 4.79 Å². The van der Waals surface area contributed by atoms with Gasteiger partial charge in [-0.3, -0.25) is 4.79 Å². The van der Waals surface area contributed by atoms with Gasteiger partial charge in [-0.05, 0) is 68.4 Å². The van der Waals surface area contributed by atoms with Crippen LogP contribution in [0, 0.1) is 0 Å². The molecule has 1 saturated heterocycles. The Balaban J connectivity index is 1.48. The van der Waals surface area contributed by atoms with Crippen LogP contribution in [0.15, 0.2) is 36.4 Å². The minimum absolute atomic E-state index is 0.119. The number of esters is 1. The molecule has 1 aliphatic heterocycles. The van der Waals surface area contributed by atoms with Crippen LogP contribution in [0.1, 0.15) is 97.9 Å². The number of amides is 1. The highest BCUT2D eigenvalue weighted by atomic mass is 32.1. The molecule has 0 bridgehead atoms. The van der Waals surface area contributed by atoms with Gasteiger partial charge in [-0.1, -0.05) is 45.2 Å². The van der Waals surface area contributed by atoms with Crippen molar-refractivity contribution >= 4 is 28.9 Å². The van der Waals surface area contributed by atoms with Crippen LogP contribution in [-0.4, -0.2) is 63.3 Å². The topological polar surface area (TPSA) is 128 Å². The molecule has 1 fully saturated rings. The number of anilines is 1. The number of carbonyl (C=O) groups is 2. The van der Waals surface area contributed by atoms with Crippen molar-refractivity contribution in [2.24, 2.45) is 0 Å². The van der Waals surface area contributed by atoms with E-state index in [0.29, 0.717) is 11.3 Å². The SMILES string of the molecule is CCCCC[C@H](O)c1ccc(N2C(=O)CC[C@@H]2CCCc2ccc(C(=O)OC[C@@H](O)[C@H](O)[C@@H](O)CC)s2)cc1. The second-order valence-corrected chi connectivity index (χ2v) is 11.5. The number of aliphatic hydroxyl groups excluding tert-OH is 4. The molecule has 5 atom stereocenters. The van der Waals surface area contributed by atoms with E-state index in [1.165, 1.54) is 11.3 Å². The van der Waals surface area contributed by atoms with Gasteiger partial charge in [0.1, 0.15) is 23.7 Å². The van der Waals surface area contributed by atoms with Gasteiger partial charge in [0.2, 0.25) is 5.91 Å². The summed E-state index contributed by atoms with van der Waals surface area (Å²) in [4.78, 5) is 28.4. The van der Waals surface area contributed by atoms with E-state index in [9.17, 15) is 30.0 Å². The molecular formula is C30H43NO7S.